The van der Waals surface area contributed by atoms with E-state index in [0.717, 1.165) is 25.9 Å². The van der Waals surface area contributed by atoms with Gasteiger partial charge in [0.25, 0.3) is 0 Å². The highest BCUT2D eigenvalue weighted by Crippen LogP contribution is 2.31. The van der Waals surface area contributed by atoms with Crippen molar-refractivity contribution < 1.29 is 9.53 Å². The van der Waals surface area contributed by atoms with E-state index in [1.807, 2.05) is 25.7 Å². The van der Waals surface area contributed by atoms with Crippen molar-refractivity contribution >= 4 is 6.09 Å². The molecule has 1 N–H and O–H groups in total. The number of carbonyl (C=O) groups excluding carboxylic acids is 1. The molecule has 1 aliphatic heterocycles. The summed E-state index contributed by atoms with van der Waals surface area (Å²) < 4.78 is 5.54. The van der Waals surface area contributed by atoms with Gasteiger partial charge in [-0.3, -0.25) is 0 Å². The summed E-state index contributed by atoms with van der Waals surface area (Å²) in [5.41, 5.74) is -0.108. The number of hydrogen-bond donors (Lipinski definition) is 1. The Hall–Kier alpha value is -0.770. The minimum atomic E-state index is -0.410. The van der Waals surface area contributed by atoms with E-state index in [4.69, 9.17) is 4.74 Å². The Morgan fingerprint density at radius 1 is 1.30 bits per heavy atom. The van der Waals surface area contributed by atoms with Crippen LogP contribution in [0.5, 0.6) is 0 Å². The molecule has 1 unspecified atom stereocenters. The zero-order chi connectivity index (χ0) is 14.8. The van der Waals surface area contributed by atoms with Gasteiger partial charge in [0.15, 0.2) is 0 Å². The summed E-state index contributed by atoms with van der Waals surface area (Å²) in [6.07, 6.45) is 7.07. The quantitative estimate of drug-likeness (QED) is 0.863. The Kier molecular flexibility index (Phi) is 4.62. The van der Waals surface area contributed by atoms with E-state index in [1.54, 1.807) is 0 Å². The SMILES string of the molecule is CC1(NCC2CCCCN2C(=O)OC(C)(C)C)CCC1. The van der Waals surface area contributed by atoms with Crippen molar-refractivity contribution in [1.82, 2.24) is 10.2 Å². The van der Waals surface area contributed by atoms with Crippen LogP contribution in [0.4, 0.5) is 4.79 Å². The van der Waals surface area contributed by atoms with E-state index in [9.17, 15) is 4.79 Å². The highest BCUT2D eigenvalue weighted by molar-refractivity contribution is 5.68. The molecular formula is C16H30N2O2. The Morgan fingerprint density at radius 2 is 2.00 bits per heavy atom. The second-order valence-corrected chi connectivity index (χ2v) is 7.62. The van der Waals surface area contributed by atoms with Gasteiger partial charge in [0.05, 0.1) is 0 Å². The molecule has 0 bridgehead atoms. The zero-order valence-electron chi connectivity index (χ0n) is 13.5. The van der Waals surface area contributed by atoms with Crippen molar-refractivity contribution in [1.29, 1.82) is 0 Å². The van der Waals surface area contributed by atoms with Crippen molar-refractivity contribution in [2.75, 3.05) is 13.1 Å². The van der Waals surface area contributed by atoms with E-state index >= 15 is 0 Å². The molecule has 20 heavy (non-hydrogen) atoms. The van der Waals surface area contributed by atoms with Gasteiger partial charge < -0.3 is 15.0 Å². The van der Waals surface area contributed by atoms with Crippen molar-refractivity contribution in [3.8, 4) is 0 Å². The van der Waals surface area contributed by atoms with Gasteiger partial charge in [0, 0.05) is 24.7 Å². The summed E-state index contributed by atoms with van der Waals surface area (Å²) in [6, 6.07) is 0.288. The minimum Gasteiger partial charge on any atom is -0.444 e. The smallest absolute Gasteiger partial charge is 0.410 e. The van der Waals surface area contributed by atoms with E-state index in [1.165, 1.54) is 25.7 Å². The van der Waals surface area contributed by atoms with Crippen LogP contribution >= 0.6 is 0 Å². The summed E-state index contributed by atoms with van der Waals surface area (Å²) >= 11 is 0. The lowest BCUT2D eigenvalue weighted by molar-refractivity contribution is 0.00826. The first-order chi connectivity index (χ1) is 9.29. The first-order valence-corrected chi connectivity index (χ1v) is 8.04. The van der Waals surface area contributed by atoms with Crippen molar-refractivity contribution in [2.45, 2.75) is 83.4 Å². The summed E-state index contributed by atoms with van der Waals surface area (Å²) in [5.74, 6) is 0. The monoisotopic (exact) mass is 282 g/mol. The number of likely N-dealkylation sites (tertiary alicyclic amines) is 1. The molecule has 0 aromatic carbocycles. The van der Waals surface area contributed by atoms with Gasteiger partial charge in [-0.2, -0.15) is 0 Å². The number of hydrogen-bond acceptors (Lipinski definition) is 3. The predicted octanol–water partition coefficient (Wildman–Crippen LogP) is 3.31. The zero-order valence-corrected chi connectivity index (χ0v) is 13.5. The molecule has 4 heteroatoms. The molecule has 0 radical (unpaired) electrons. The summed E-state index contributed by atoms with van der Waals surface area (Å²) in [4.78, 5) is 14.2. The van der Waals surface area contributed by atoms with Gasteiger partial charge in [-0.15, -0.1) is 0 Å². The van der Waals surface area contributed by atoms with E-state index in [2.05, 4.69) is 12.2 Å². The highest BCUT2D eigenvalue weighted by Gasteiger charge is 2.35. The molecule has 0 aromatic rings. The Balaban J connectivity index is 1.89. The predicted molar refractivity (Wildman–Crippen MR) is 80.8 cm³/mol. The fraction of sp³-hybridized carbons (Fsp3) is 0.938. The van der Waals surface area contributed by atoms with Gasteiger partial charge in [0.1, 0.15) is 5.60 Å². The lowest BCUT2D eigenvalue weighted by Gasteiger charge is -2.43. The van der Waals surface area contributed by atoms with Crippen LogP contribution in [0, 0.1) is 0 Å². The lowest BCUT2D eigenvalue weighted by Crippen LogP contribution is -2.56. The molecule has 2 fully saturated rings. The molecule has 0 aromatic heterocycles. The van der Waals surface area contributed by atoms with Crippen LogP contribution in [-0.4, -0.2) is 41.3 Å². The summed E-state index contributed by atoms with van der Waals surface area (Å²) in [5, 5.41) is 3.66. The van der Waals surface area contributed by atoms with Gasteiger partial charge in [-0.05, 0) is 66.2 Å². The third-order valence-electron chi connectivity index (χ3n) is 4.48. The van der Waals surface area contributed by atoms with Crippen LogP contribution in [0.25, 0.3) is 0 Å². The van der Waals surface area contributed by atoms with Gasteiger partial charge in [-0.1, -0.05) is 0 Å². The number of piperidine rings is 1. The van der Waals surface area contributed by atoms with Crippen molar-refractivity contribution in [3.63, 3.8) is 0 Å². The minimum absolute atomic E-state index is 0.150. The number of nitrogens with one attached hydrogen (secondary N) is 1. The molecule has 4 nitrogen and oxygen atoms in total. The highest BCUT2D eigenvalue weighted by atomic mass is 16.6. The van der Waals surface area contributed by atoms with Crippen LogP contribution in [0.15, 0.2) is 0 Å². The average molecular weight is 282 g/mol. The van der Waals surface area contributed by atoms with Crippen LogP contribution in [0.2, 0.25) is 0 Å². The lowest BCUT2D eigenvalue weighted by atomic mass is 9.78. The Bertz CT molecular complexity index is 345. The van der Waals surface area contributed by atoms with Crippen molar-refractivity contribution in [2.24, 2.45) is 0 Å². The van der Waals surface area contributed by atoms with E-state index < -0.39 is 5.60 Å². The first-order valence-electron chi connectivity index (χ1n) is 8.04. The van der Waals surface area contributed by atoms with Crippen molar-refractivity contribution in [3.05, 3.63) is 0 Å². The molecule has 1 heterocycles. The summed E-state index contributed by atoms with van der Waals surface area (Å²) in [7, 11) is 0. The van der Waals surface area contributed by atoms with Gasteiger partial charge in [-0.25, -0.2) is 4.79 Å². The molecule has 1 saturated carbocycles. The number of carbonyl (C=O) groups is 1. The van der Waals surface area contributed by atoms with Gasteiger partial charge >= 0.3 is 6.09 Å². The van der Waals surface area contributed by atoms with Crippen LogP contribution in [0.1, 0.15) is 66.2 Å². The van der Waals surface area contributed by atoms with Crippen LogP contribution in [0.3, 0.4) is 0 Å². The third kappa shape index (κ3) is 4.11. The van der Waals surface area contributed by atoms with Crippen LogP contribution in [-0.2, 0) is 4.74 Å². The summed E-state index contributed by atoms with van der Waals surface area (Å²) in [6.45, 7) is 9.80. The molecule has 116 valence electrons. The van der Waals surface area contributed by atoms with E-state index in [-0.39, 0.29) is 12.1 Å². The molecule has 1 saturated heterocycles. The maximum absolute atomic E-state index is 12.3. The Morgan fingerprint density at radius 3 is 2.55 bits per heavy atom. The second kappa shape index (κ2) is 5.92. The van der Waals surface area contributed by atoms with E-state index in [0.29, 0.717) is 5.54 Å². The number of amides is 1. The standard InChI is InChI=1S/C16H30N2O2/c1-15(2,3)20-14(19)18-11-6-5-8-13(18)12-17-16(4)9-7-10-16/h13,17H,5-12H2,1-4H3. The fourth-order valence-corrected chi connectivity index (χ4v) is 3.02. The molecule has 2 rings (SSSR count). The van der Waals surface area contributed by atoms with Gasteiger partial charge in [0.2, 0.25) is 0 Å². The second-order valence-electron chi connectivity index (χ2n) is 7.62. The molecule has 1 amide bonds. The largest absolute Gasteiger partial charge is 0.444 e. The molecular weight excluding hydrogens is 252 g/mol. The normalized spacial score (nSPS) is 26.0. The van der Waals surface area contributed by atoms with Crippen LogP contribution < -0.4 is 5.32 Å². The maximum atomic E-state index is 12.3. The maximum Gasteiger partial charge on any atom is 0.410 e. The fourth-order valence-electron chi connectivity index (χ4n) is 3.02. The number of nitrogens with zero attached hydrogens (tertiary/aromatic N) is 1. The molecule has 1 atom stereocenters. The molecule has 2 aliphatic rings. The average Bonchev–Trinajstić information content (AvgIpc) is 2.32. The Labute approximate surface area is 123 Å². The molecule has 1 aliphatic carbocycles. The number of rotatable bonds is 3. The third-order valence-corrected chi connectivity index (χ3v) is 4.48. The molecule has 0 spiro atoms. The topological polar surface area (TPSA) is 41.6 Å². The number of ether oxygens (including phenoxy) is 1. The first kappa shape index (κ1) is 15.6.